The summed E-state index contributed by atoms with van der Waals surface area (Å²) in [6.07, 6.45) is 4.51. The summed E-state index contributed by atoms with van der Waals surface area (Å²) in [5, 5.41) is 0. The van der Waals surface area contributed by atoms with E-state index >= 15 is 0 Å². The number of halogens is 1. The van der Waals surface area contributed by atoms with Gasteiger partial charge in [0.15, 0.2) is 0 Å². The summed E-state index contributed by atoms with van der Waals surface area (Å²) in [6.45, 7) is 5.45. The lowest BCUT2D eigenvalue weighted by Crippen LogP contribution is -2.30. The third kappa shape index (κ3) is 2.68. The SMILES string of the molecule is Cc1ccc(CN2CC3CCC(N)C3C2)nc1.Cl. The zero-order valence-electron chi connectivity index (χ0n) is 10.9. The van der Waals surface area contributed by atoms with Crippen molar-refractivity contribution in [2.75, 3.05) is 13.1 Å². The number of nitrogens with two attached hydrogens (primary N) is 1. The molecule has 0 amide bonds. The van der Waals surface area contributed by atoms with Crippen LogP contribution in [0.3, 0.4) is 0 Å². The van der Waals surface area contributed by atoms with Gasteiger partial charge in [-0.1, -0.05) is 6.07 Å². The molecule has 0 spiro atoms. The van der Waals surface area contributed by atoms with Crippen LogP contribution < -0.4 is 5.73 Å². The van der Waals surface area contributed by atoms with Crippen LogP contribution in [0.2, 0.25) is 0 Å². The van der Waals surface area contributed by atoms with Crippen LogP contribution in [0.1, 0.15) is 24.1 Å². The number of aryl methyl sites for hydroxylation is 1. The lowest BCUT2D eigenvalue weighted by atomic mass is 9.98. The molecular weight excluding hydrogens is 246 g/mol. The van der Waals surface area contributed by atoms with Gasteiger partial charge in [-0.2, -0.15) is 0 Å². The third-order valence-corrected chi connectivity index (χ3v) is 4.35. The average Bonchev–Trinajstić information content (AvgIpc) is 2.85. The van der Waals surface area contributed by atoms with Crippen molar-refractivity contribution in [2.24, 2.45) is 17.6 Å². The highest BCUT2D eigenvalue weighted by Gasteiger charge is 2.40. The zero-order chi connectivity index (χ0) is 11.8. The molecule has 3 atom stereocenters. The van der Waals surface area contributed by atoms with Gasteiger partial charge in [0.1, 0.15) is 0 Å². The van der Waals surface area contributed by atoms with Gasteiger partial charge in [-0.3, -0.25) is 9.88 Å². The number of nitrogens with zero attached hydrogens (tertiary/aromatic N) is 2. The van der Waals surface area contributed by atoms with Gasteiger partial charge in [0.05, 0.1) is 5.69 Å². The van der Waals surface area contributed by atoms with Crippen LogP contribution in [0.15, 0.2) is 18.3 Å². The van der Waals surface area contributed by atoms with Crippen LogP contribution in [0.5, 0.6) is 0 Å². The first kappa shape index (κ1) is 13.8. The fraction of sp³-hybridized carbons (Fsp3) is 0.643. The van der Waals surface area contributed by atoms with Crippen molar-refractivity contribution in [3.05, 3.63) is 29.6 Å². The molecule has 2 aliphatic rings. The minimum atomic E-state index is 0. The number of hydrogen-bond acceptors (Lipinski definition) is 3. The van der Waals surface area contributed by atoms with Crippen molar-refractivity contribution < 1.29 is 0 Å². The molecule has 1 aromatic heterocycles. The van der Waals surface area contributed by atoms with Gasteiger partial charge >= 0.3 is 0 Å². The van der Waals surface area contributed by atoms with E-state index in [1.165, 1.54) is 37.2 Å². The normalized spacial score (nSPS) is 31.1. The molecule has 1 saturated heterocycles. The van der Waals surface area contributed by atoms with Crippen molar-refractivity contribution in [2.45, 2.75) is 32.4 Å². The van der Waals surface area contributed by atoms with E-state index in [1.807, 2.05) is 6.20 Å². The fourth-order valence-electron chi connectivity index (χ4n) is 3.35. The molecule has 1 aromatic rings. The Bertz CT molecular complexity index is 393. The third-order valence-electron chi connectivity index (χ3n) is 4.35. The minimum Gasteiger partial charge on any atom is -0.327 e. The van der Waals surface area contributed by atoms with E-state index in [4.69, 9.17) is 5.73 Å². The van der Waals surface area contributed by atoms with Gasteiger partial charge in [-0.05, 0) is 43.2 Å². The lowest BCUT2D eigenvalue weighted by molar-refractivity contribution is 0.295. The summed E-state index contributed by atoms with van der Waals surface area (Å²) in [7, 11) is 0. The number of aromatic nitrogens is 1. The number of pyridine rings is 1. The van der Waals surface area contributed by atoms with Crippen LogP contribution in [0, 0.1) is 18.8 Å². The first-order valence-electron chi connectivity index (χ1n) is 6.62. The van der Waals surface area contributed by atoms with Crippen molar-refractivity contribution in [3.8, 4) is 0 Å². The van der Waals surface area contributed by atoms with E-state index in [9.17, 15) is 0 Å². The van der Waals surface area contributed by atoms with Gasteiger partial charge in [-0.15, -0.1) is 12.4 Å². The Morgan fingerprint density at radius 1 is 1.33 bits per heavy atom. The van der Waals surface area contributed by atoms with E-state index in [-0.39, 0.29) is 12.4 Å². The first-order valence-corrected chi connectivity index (χ1v) is 6.62. The van der Waals surface area contributed by atoms with E-state index in [0.717, 1.165) is 18.4 Å². The summed E-state index contributed by atoms with van der Waals surface area (Å²) in [4.78, 5) is 7.00. The standard InChI is InChI=1S/C14H21N3.ClH/c1-10-2-4-12(16-6-10)8-17-7-11-3-5-14(15)13(11)9-17;/h2,4,6,11,13-14H,3,5,7-9,15H2,1H3;1H. The molecule has 3 nitrogen and oxygen atoms in total. The zero-order valence-corrected chi connectivity index (χ0v) is 11.7. The van der Waals surface area contributed by atoms with Crippen molar-refractivity contribution in [1.82, 2.24) is 9.88 Å². The van der Waals surface area contributed by atoms with E-state index in [2.05, 4.69) is 28.9 Å². The molecule has 1 aliphatic carbocycles. The summed E-state index contributed by atoms with van der Waals surface area (Å²) in [5.74, 6) is 1.58. The molecular formula is C14H22ClN3. The molecule has 4 heteroatoms. The molecule has 3 unspecified atom stereocenters. The van der Waals surface area contributed by atoms with Gasteiger partial charge in [0.2, 0.25) is 0 Å². The Balaban J connectivity index is 0.00000120. The summed E-state index contributed by atoms with van der Waals surface area (Å²) < 4.78 is 0. The molecule has 2 heterocycles. The second-order valence-corrected chi connectivity index (χ2v) is 5.69. The summed E-state index contributed by atoms with van der Waals surface area (Å²) in [5.41, 5.74) is 8.57. The highest BCUT2D eigenvalue weighted by molar-refractivity contribution is 5.85. The predicted molar refractivity (Wildman–Crippen MR) is 75.7 cm³/mol. The molecule has 100 valence electrons. The van der Waals surface area contributed by atoms with E-state index in [0.29, 0.717) is 6.04 Å². The van der Waals surface area contributed by atoms with E-state index in [1.54, 1.807) is 0 Å². The number of fused-ring (bicyclic) bond motifs is 1. The van der Waals surface area contributed by atoms with Crippen LogP contribution in [0.25, 0.3) is 0 Å². The van der Waals surface area contributed by atoms with Crippen LogP contribution >= 0.6 is 12.4 Å². The Hall–Kier alpha value is -0.640. The van der Waals surface area contributed by atoms with Crippen molar-refractivity contribution in [3.63, 3.8) is 0 Å². The van der Waals surface area contributed by atoms with Crippen molar-refractivity contribution in [1.29, 1.82) is 0 Å². The Kier molecular flexibility index (Phi) is 4.25. The van der Waals surface area contributed by atoms with Crippen LogP contribution in [-0.4, -0.2) is 29.0 Å². The molecule has 2 fully saturated rings. The minimum absolute atomic E-state index is 0. The average molecular weight is 268 g/mol. The fourth-order valence-corrected chi connectivity index (χ4v) is 3.35. The molecule has 3 rings (SSSR count). The second-order valence-electron chi connectivity index (χ2n) is 5.69. The number of rotatable bonds is 2. The summed E-state index contributed by atoms with van der Waals surface area (Å²) in [6, 6.07) is 4.73. The molecule has 2 N–H and O–H groups in total. The molecule has 0 radical (unpaired) electrons. The molecule has 1 aliphatic heterocycles. The quantitative estimate of drug-likeness (QED) is 0.891. The Morgan fingerprint density at radius 3 is 2.83 bits per heavy atom. The predicted octanol–water partition coefficient (Wildman–Crippen LogP) is 1.98. The highest BCUT2D eigenvalue weighted by atomic mass is 35.5. The van der Waals surface area contributed by atoms with Gasteiger partial charge in [-0.25, -0.2) is 0 Å². The number of hydrogen-bond donors (Lipinski definition) is 1. The molecule has 18 heavy (non-hydrogen) atoms. The topological polar surface area (TPSA) is 42.1 Å². The van der Waals surface area contributed by atoms with Gasteiger partial charge in [0, 0.05) is 31.9 Å². The Morgan fingerprint density at radius 2 is 2.17 bits per heavy atom. The first-order chi connectivity index (χ1) is 8.22. The lowest BCUT2D eigenvalue weighted by Gasteiger charge is -2.17. The molecule has 0 bridgehead atoms. The maximum Gasteiger partial charge on any atom is 0.0544 e. The number of likely N-dealkylation sites (tertiary alicyclic amines) is 1. The highest BCUT2D eigenvalue weighted by Crippen LogP contribution is 2.37. The molecule has 1 saturated carbocycles. The van der Waals surface area contributed by atoms with Crippen LogP contribution in [-0.2, 0) is 6.54 Å². The summed E-state index contributed by atoms with van der Waals surface area (Å²) >= 11 is 0. The monoisotopic (exact) mass is 267 g/mol. The van der Waals surface area contributed by atoms with Crippen LogP contribution in [0.4, 0.5) is 0 Å². The van der Waals surface area contributed by atoms with E-state index < -0.39 is 0 Å². The van der Waals surface area contributed by atoms with Crippen molar-refractivity contribution >= 4 is 12.4 Å². The maximum atomic E-state index is 6.15. The maximum absolute atomic E-state index is 6.15. The van der Waals surface area contributed by atoms with Gasteiger partial charge in [0.25, 0.3) is 0 Å². The second kappa shape index (κ2) is 5.55. The smallest absolute Gasteiger partial charge is 0.0544 e. The van der Waals surface area contributed by atoms with Gasteiger partial charge < -0.3 is 5.73 Å². The Labute approximate surface area is 115 Å². The largest absolute Gasteiger partial charge is 0.327 e. The molecule has 0 aromatic carbocycles.